The van der Waals surface area contributed by atoms with Crippen molar-refractivity contribution in [2.24, 2.45) is 0 Å². The van der Waals surface area contributed by atoms with Crippen LogP contribution >= 0.6 is 0 Å². The van der Waals surface area contributed by atoms with Gasteiger partial charge in [0.25, 0.3) is 11.6 Å². The molecule has 3 rings (SSSR count). The Hall–Kier alpha value is -4.16. The Bertz CT molecular complexity index is 1130. The molecule has 1 heterocycles. The molecule has 2 aromatic rings. The van der Waals surface area contributed by atoms with Crippen molar-refractivity contribution in [1.82, 2.24) is 0 Å². The van der Waals surface area contributed by atoms with Gasteiger partial charge in [-0.2, -0.15) is 13.2 Å². The summed E-state index contributed by atoms with van der Waals surface area (Å²) in [6.45, 7) is -0.184. The number of benzene rings is 2. The monoisotopic (exact) mass is 482 g/mol. The highest BCUT2D eigenvalue weighted by atomic mass is 19.4. The summed E-state index contributed by atoms with van der Waals surface area (Å²) in [6.07, 6.45) is -5.58. The predicted octanol–water partition coefficient (Wildman–Crippen LogP) is 3.53. The number of fused-ring (bicyclic) bond motifs is 1. The summed E-state index contributed by atoms with van der Waals surface area (Å²) in [7, 11) is 0. The zero-order chi connectivity index (χ0) is 24.9. The first kappa shape index (κ1) is 24.5. The van der Waals surface area contributed by atoms with Crippen molar-refractivity contribution >= 4 is 29.0 Å². The molecule has 1 aliphatic rings. The van der Waals surface area contributed by atoms with E-state index >= 15 is 0 Å². The van der Waals surface area contributed by atoms with Gasteiger partial charge in [-0.15, -0.1) is 0 Å². The summed E-state index contributed by atoms with van der Waals surface area (Å²) >= 11 is 0. The van der Waals surface area contributed by atoms with E-state index in [0.29, 0.717) is 24.7 Å². The van der Waals surface area contributed by atoms with Gasteiger partial charge in [-0.3, -0.25) is 24.5 Å². The molecule has 0 unspecified atom stereocenters. The lowest BCUT2D eigenvalue weighted by Crippen LogP contribution is -2.23. The van der Waals surface area contributed by atoms with Crippen molar-refractivity contribution in [2.45, 2.75) is 19.0 Å². The van der Waals surface area contributed by atoms with Crippen molar-refractivity contribution in [3.63, 3.8) is 0 Å². The number of carbonyl (C=O) groups is 3. The lowest BCUT2D eigenvalue weighted by atomic mass is 10.1. The van der Waals surface area contributed by atoms with Crippen molar-refractivity contribution in [3.8, 4) is 11.5 Å². The van der Waals surface area contributed by atoms with Crippen LogP contribution in [-0.4, -0.2) is 42.4 Å². The summed E-state index contributed by atoms with van der Waals surface area (Å²) in [5.41, 5.74) is -2.67. The topological polar surface area (TPSA) is 134 Å². The molecule has 0 saturated heterocycles. The maximum atomic E-state index is 13.2. The second kappa shape index (κ2) is 10.2. The average Bonchev–Trinajstić information content (AvgIpc) is 2.80. The van der Waals surface area contributed by atoms with Gasteiger partial charge in [0.05, 0.1) is 22.6 Å². The number of anilines is 1. The maximum absolute atomic E-state index is 13.2. The Morgan fingerprint density at radius 3 is 2.41 bits per heavy atom. The molecule has 1 N–H and O–H groups in total. The van der Waals surface area contributed by atoms with Crippen LogP contribution in [0.2, 0.25) is 0 Å². The number of ketones is 1. The Balaban J connectivity index is 1.51. The fraction of sp³-hybridized carbons (Fsp3) is 0.286. The number of esters is 1. The molecule has 10 nitrogen and oxygen atoms in total. The predicted molar refractivity (Wildman–Crippen MR) is 109 cm³/mol. The van der Waals surface area contributed by atoms with Crippen LogP contribution in [0.25, 0.3) is 0 Å². The zero-order valence-electron chi connectivity index (χ0n) is 17.3. The van der Waals surface area contributed by atoms with E-state index in [0.717, 1.165) is 12.1 Å². The number of nitrogens with zero attached hydrogens (tertiary/aromatic N) is 1. The third-order valence-corrected chi connectivity index (χ3v) is 4.58. The Morgan fingerprint density at radius 2 is 1.74 bits per heavy atom. The van der Waals surface area contributed by atoms with Gasteiger partial charge in [0.1, 0.15) is 13.2 Å². The van der Waals surface area contributed by atoms with E-state index in [1.807, 2.05) is 5.32 Å². The van der Waals surface area contributed by atoms with Crippen LogP contribution in [0.4, 0.5) is 24.5 Å². The van der Waals surface area contributed by atoms with E-state index in [1.165, 1.54) is 12.1 Å². The molecule has 0 atom stereocenters. The van der Waals surface area contributed by atoms with Crippen molar-refractivity contribution in [2.75, 3.05) is 25.1 Å². The maximum Gasteiger partial charge on any atom is 0.418 e. The number of hydrogen-bond donors (Lipinski definition) is 1. The average molecular weight is 482 g/mol. The van der Waals surface area contributed by atoms with Gasteiger partial charge in [0.15, 0.2) is 23.9 Å². The van der Waals surface area contributed by atoms with E-state index in [9.17, 15) is 37.7 Å². The number of hydrogen-bond acceptors (Lipinski definition) is 8. The molecule has 180 valence electrons. The molecule has 0 radical (unpaired) electrons. The normalized spacial score (nSPS) is 12.6. The lowest BCUT2D eigenvalue weighted by Gasteiger charge is -2.18. The molecule has 13 heteroatoms. The second-order valence-corrected chi connectivity index (χ2v) is 6.98. The minimum atomic E-state index is -4.97. The molecule has 0 aromatic heterocycles. The fourth-order valence-electron chi connectivity index (χ4n) is 2.97. The molecular weight excluding hydrogens is 465 g/mol. The second-order valence-electron chi connectivity index (χ2n) is 6.98. The number of nitro groups is 1. The van der Waals surface area contributed by atoms with Gasteiger partial charge in [-0.05, 0) is 24.3 Å². The van der Waals surface area contributed by atoms with Crippen LogP contribution in [0.15, 0.2) is 36.4 Å². The van der Waals surface area contributed by atoms with Crippen LogP contribution in [0.3, 0.4) is 0 Å². The Labute approximate surface area is 189 Å². The minimum Gasteiger partial charge on any atom is -0.486 e. The van der Waals surface area contributed by atoms with E-state index in [2.05, 4.69) is 0 Å². The molecule has 0 bridgehead atoms. The van der Waals surface area contributed by atoms with E-state index in [-0.39, 0.29) is 30.3 Å². The minimum absolute atomic E-state index is 0.235. The van der Waals surface area contributed by atoms with Gasteiger partial charge in [0, 0.05) is 24.1 Å². The molecule has 0 spiro atoms. The molecule has 1 amide bonds. The molecule has 0 saturated carbocycles. The van der Waals surface area contributed by atoms with Gasteiger partial charge >= 0.3 is 12.1 Å². The largest absolute Gasteiger partial charge is 0.486 e. The van der Waals surface area contributed by atoms with Crippen molar-refractivity contribution in [3.05, 3.63) is 57.6 Å². The zero-order valence-corrected chi connectivity index (χ0v) is 17.3. The number of nitro benzene ring substituents is 1. The number of amides is 1. The van der Waals surface area contributed by atoms with Gasteiger partial charge in [0.2, 0.25) is 0 Å². The summed E-state index contributed by atoms with van der Waals surface area (Å²) in [4.78, 5) is 45.8. The summed E-state index contributed by atoms with van der Waals surface area (Å²) in [5, 5.41) is 12.6. The third kappa shape index (κ3) is 6.21. The molecular formula is C21H17F3N2O8. The number of rotatable bonds is 8. The van der Waals surface area contributed by atoms with Crippen LogP contribution in [-0.2, 0) is 20.5 Å². The summed E-state index contributed by atoms with van der Waals surface area (Å²) in [6, 6.07) is 6.37. The molecule has 0 aliphatic carbocycles. The summed E-state index contributed by atoms with van der Waals surface area (Å²) in [5.74, 6) is -1.50. The van der Waals surface area contributed by atoms with Gasteiger partial charge < -0.3 is 19.5 Å². The number of non-ortho nitro benzene ring substituents is 1. The highest BCUT2D eigenvalue weighted by Gasteiger charge is 2.35. The van der Waals surface area contributed by atoms with Crippen molar-refractivity contribution < 1.29 is 46.7 Å². The first-order chi connectivity index (χ1) is 16.0. The first-order valence-electron chi connectivity index (χ1n) is 9.78. The quantitative estimate of drug-likeness (QED) is 0.261. The summed E-state index contributed by atoms with van der Waals surface area (Å²) < 4.78 is 54.9. The molecule has 34 heavy (non-hydrogen) atoms. The lowest BCUT2D eigenvalue weighted by molar-refractivity contribution is -0.385. The van der Waals surface area contributed by atoms with Gasteiger partial charge in [-0.25, -0.2) is 0 Å². The smallest absolute Gasteiger partial charge is 0.418 e. The highest BCUT2D eigenvalue weighted by Crippen LogP contribution is 2.37. The third-order valence-electron chi connectivity index (χ3n) is 4.58. The van der Waals surface area contributed by atoms with Gasteiger partial charge in [-0.1, -0.05) is 0 Å². The standard InChI is InChI=1S/C21H17F3N2O8/c22-21(23,24)14-10-13(26(30)31)2-3-15(14)25-19(28)11-34-20(29)6-4-16(27)12-1-5-17-18(9-12)33-8-7-32-17/h1-3,5,9-10H,4,6-8,11H2,(H,25,28). The van der Waals surface area contributed by atoms with Crippen LogP contribution in [0.1, 0.15) is 28.8 Å². The Morgan fingerprint density at radius 1 is 1.03 bits per heavy atom. The van der Waals surface area contributed by atoms with E-state index < -0.39 is 46.5 Å². The number of alkyl halides is 3. The number of carbonyl (C=O) groups excluding carboxylic acids is 3. The SMILES string of the molecule is O=C(COC(=O)CCC(=O)c1ccc2c(c1)OCCO2)Nc1ccc([N+](=O)[O-])cc1C(F)(F)F. The van der Waals surface area contributed by atoms with Crippen LogP contribution in [0.5, 0.6) is 11.5 Å². The number of nitrogens with one attached hydrogen (secondary N) is 1. The first-order valence-corrected chi connectivity index (χ1v) is 9.78. The van der Waals surface area contributed by atoms with E-state index in [4.69, 9.17) is 14.2 Å². The Kier molecular flexibility index (Phi) is 7.34. The van der Waals surface area contributed by atoms with E-state index in [1.54, 1.807) is 6.07 Å². The van der Waals surface area contributed by atoms with Crippen LogP contribution < -0.4 is 14.8 Å². The molecule has 1 aliphatic heterocycles. The van der Waals surface area contributed by atoms with Crippen molar-refractivity contribution in [1.29, 1.82) is 0 Å². The number of Topliss-reactive ketones (excluding diaryl/α,β-unsaturated/α-hetero) is 1. The molecule has 2 aromatic carbocycles. The number of halogens is 3. The number of ether oxygens (including phenoxy) is 3. The fourth-order valence-corrected chi connectivity index (χ4v) is 2.97. The van der Waals surface area contributed by atoms with Crippen LogP contribution in [0, 0.1) is 10.1 Å². The molecule has 0 fully saturated rings. The highest BCUT2D eigenvalue weighted by molar-refractivity contribution is 5.98.